The zero-order valence-electron chi connectivity index (χ0n) is 10.2. The fourth-order valence-corrected chi connectivity index (χ4v) is 1.74. The van der Waals surface area contributed by atoms with Crippen molar-refractivity contribution in [3.05, 3.63) is 59.4 Å². The predicted molar refractivity (Wildman–Crippen MR) is 65.9 cm³/mol. The normalized spacial score (nSPS) is 11.3. The molecule has 0 aliphatic rings. The first-order chi connectivity index (χ1) is 8.54. The van der Waals surface area contributed by atoms with Gasteiger partial charge in [0, 0.05) is 11.6 Å². The van der Waals surface area contributed by atoms with E-state index >= 15 is 0 Å². The molecule has 18 heavy (non-hydrogen) atoms. The summed E-state index contributed by atoms with van der Waals surface area (Å²) < 4.78 is 12.9. The number of benzene rings is 1. The number of aldehydes is 1. The smallest absolute Gasteiger partial charge is 0.168 e. The number of hydrogen-bond donors (Lipinski definition) is 0. The van der Waals surface area contributed by atoms with Gasteiger partial charge in [0.2, 0.25) is 0 Å². The lowest BCUT2D eigenvalue weighted by atomic mass is 9.83. The molecule has 3 nitrogen and oxygen atoms in total. The Kier molecular flexibility index (Phi) is 3.19. The van der Waals surface area contributed by atoms with E-state index in [9.17, 15) is 9.18 Å². The summed E-state index contributed by atoms with van der Waals surface area (Å²) in [6.45, 7) is 3.87. The first-order valence-electron chi connectivity index (χ1n) is 5.59. The minimum Gasteiger partial charge on any atom is -0.296 e. The highest BCUT2D eigenvalue weighted by Crippen LogP contribution is 2.28. The van der Waals surface area contributed by atoms with Crippen molar-refractivity contribution in [3.63, 3.8) is 0 Å². The van der Waals surface area contributed by atoms with Gasteiger partial charge in [-0.2, -0.15) is 0 Å². The Hall–Kier alpha value is -2.10. The molecular formula is C14H13FN2O. The average Bonchev–Trinajstić information content (AvgIpc) is 2.39. The molecule has 0 N–H and O–H groups in total. The molecule has 1 aromatic carbocycles. The highest BCUT2D eigenvalue weighted by atomic mass is 19.1. The van der Waals surface area contributed by atoms with E-state index in [-0.39, 0.29) is 5.82 Å². The molecule has 0 radical (unpaired) electrons. The van der Waals surface area contributed by atoms with Gasteiger partial charge in [0.05, 0.1) is 0 Å². The van der Waals surface area contributed by atoms with Crippen molar-refractivity contribution < 1.29 is 9.18 Å². The van der Waals surface area contributed by atoms with Crippen LogP contribution in [0.1, 0.15) is 35.7 Å². The molecule has 0 atom stereocenters. The Morgan fingerprint density at radius 3 is 2.44 bits per heavy atom. The number of carbonyl (C=O) groups is 1. The van der Waals surface area contributed by atoms with Crippen LogP contribution in [0.4, 0.5) is 4.39 Å². The summed E-state index contributed by atoms with van der Waals surface area (Å²) >= 11 is 0. The largest absolute Gasteiger partial charge is 0.296 e. The third-order valence-electron chi connectivity index (χ3n) is 2.92. The third-order valence-corrected chi connectivity index (χ3v) is 2.92. The van der Waals surface area contributed by atoms with Crippen molar-refractivity contribution in [3.8, 4) is 0 Å². The molecule has 92 valence electrons. The van der Waals surface area contributed by atoms with Gasteiger partial charge in [0.15, 0.2) is 6.29 Å². The lowest BCUT2D eigenvalue weighted by Gasteiger charge is -2.23. The monoisotopic (exact) mass is 244 g/mol. The molecule has 0 saturated heterocycles. The lowest BCUT2D eigenvalue weighted by Crippen LogP contribution is -2.22. The van der Waals surface area contributed by atoms with E-state index in [1.807, 2.05) is 13.8 Å². The minimum absolute atomic E-state index is 0.280. The molecule has 1 heterocycles. The lowest BCUT2D eigenvalue weighted by molar-refractivity contribution is 0.111. The number of rotatable bonds is 3. The predicted octanol–water partition coefficient (Wildman–Crippen LogP) is 2.75. The van der Waals surface area contributed by atoms with E-state index in [4.69, 9.17) is 0 Å². The summed E-state index contributed by atoms with van der Waals surface area (Å²) in [6, 6.07) is 7.76. The van der Waals surface area contributed by atoms with E-state index in [2.05, 4.69) is 9.97 Å². The van der Waals surface area contributed by atoms with Crippen LogP contribution in [0.2, 0.25) is 0 Å². The summed E-state index contributed by atoms with van der Waals surface area (Å²) in [7, 11) is 0. The molecule has 0 spiro atoms. The minimum atomic E-state index is -0.479. The number of halogens is 1. The quantitative estimate of drug-likeness (QED) is 0.780. The van der Waals surface area contributed by atoms with E-state index in [0.29, 0.717) is 17.8 Å². The molecular weight excluding hydrogens is 231 g/mol. The Morgan fingerprint density at radius 2 is 1.83 bits per heavy atom. The highest BCUT2D eigenvalue weighted by Gasteiger charge is 2.26. The second-order valence-electron chi connectivity index (χ2n) is 4.55. The fraction of sp³-hybridized carbons (Fsp3) is 0.214. The van der Waals surface area contributed by atoms with Gasteiger partial charge in [-0.05, 0) is 37.6 Å². The van der Waals surface area contributed by atoms with Gasteiger partial charge in [-0.1, -0.05) is 12.1 Å². The zero-order valence-corrected chi connectivity index (χ0v) is 10.2. The van der Waals surface area contributed by atoms with Crippen molar-refractivity contribution >= 4 is 6.29 Å². The van der Waals surface area contributed by atoms with Crippen molar-refractivity contribution in [1.82, 2.24) is 9.97 Å². The standard InChI is InChI=1S/C14H13FN2O/c1-14(2,10-3-5-11(15)6-4-10)13-16-8-7-12(9-18)17-13/h3-9H,1-2H3. The van der Waals surface area contributed by atoms with Crippen LogP contribution in [0.15, 0.2) is 36.5 Å². The van der Waals surface area contributed by atoms with Crippen molar-refractivity contribution in [2.75, 3.05) is 0 Å². The van der Waals surface area contributed by atoms with Gasteiger partial charge in [0.1, 0.15) is 17.3 Å². The Bertz CT molecular complexity index is 564. The van der Waals surface area contributed by atoms with E-state index < -0.39 is 5.41 Å². The van der Waals surface area contributed by atoms with Gasteiger partial charge in [-0.25, -0.2) is 14.4 Å². The van der Waals surface area contributed by atoms with Crippen LogP contribution in [0.5, 0.6) is 0 Å². The molecule has 0 aliphatic heterocycles. The average molecular weight is 244 g/mol. The van der Waals surface area contributed by atoms with Crippen LogP contribution in [0, 0.1) is 5.82 Å². The topological polar surface area (TPSA) is 42.9 Å². The maximum absolute atomic E-state index is 12.9. The van der Waals surface area contributed by atoms with Crippen LogP contribution < -0.4 is 0 Å². The molecule has 0 amide bonds. The second-order valence-corrected chi connectivity index (χ2v) is 4.55. The van der Waals surface area contributed by atoms with Crippen molar-refractivity contribution in [1.29, 1.82) is 0 Å². The van der Waals surface area contributed by atoms with Gasteiger partial charge in [-0.15, -0.1) is 0 Å². The first kappa shape index (κ1) is 12.4. The molecule has 0 bridgehead atoms. The maximum atomic E-state index is 12.9. The number of carbonyl (C=O) groups excluding carboxylic acids is 1. The Balaban J connectivity index is 2.46. The Morgan fingerprint density at radius 1 is 1.17 bits per heavy atom. The van der Waals surface area contributed by atoms with Crippen LogP contribution in [0.25, 0.3) is 0 Å². The summed E-state index contributed by atoms with van der Waals surface area (Å²) in [5.74, 6) is 0.260. The van der Waals surface area contributed by atoms with Gasteiger partial charge < -0.3 is 0 Å². The SMILES string of the molecule is CC(C)(c1ccc(F)cc1)c1nccc(C=O)n1. The van der Waals surface area contributed by atoms with Crippen LogP contribution in [-0.4, -0.2) is 16.3 Å². The second kappa shape index (κ2) is 4.64. The molecule has 1 aromatic heterocycles. The third kappa shape index (κ3) is 2.27. The van der Waals surface area contributed by atoms with E-state index in [1.165, 1.54) is 12.1 Å². The summed E-state index contributed by atoms with van der Waals surface area (Å²) in [4.78, 5) is 19.1. The van der Waals surface area contributed by atoms with Gasteiger partial charge in [0.25, 0.3) is 0 Å². The number of hydrogen-bond acceptors (Lipinski definition) is 3. The van der Waals surface area contributed by atoms with Crippen LogP contribution in [-0.2, 0) is 5.41 Å². The molecule has 2 rings (SSSR count). The zero-order chi connectivity index (χ0) is 13.2. The van der Waals surface area contributed by atoms with Gasteiger partial charge >= 0.3 is 0 Å². The fourth-order valence-electron chi connectivity index (χ4n) is 1.74. The van der Waals surface area contributed by atoms with E-state index in [1.54, 1.807) is 24.4 Å². The summed E-state index contributed by atoms with van der Waals surface area (Å²) in [5.41, 5.74) is 0.759. The van der Waals surface area contributed by atoms with E-state index in [0.717, 1.165) is 5.56 Å². The molecule has 0 unspecified atom stereocenters. The number of aromatic nitrogens is 2. The number of nitrogens with zero attached hydrogens (tertiary/aromatic N) is 2. The highest BCUT2D eigenvalue weighted by molar-refractivity contribution is 5.71. The Labute approximate surface area is 105 Å². The molecule has 0 saturated carbocycles. The molecule has 0 aliphatic carbocycles. The molecule has 2 aromatic rings. The maximum Gasteiger partial charge on any atom is 0.168 e. The van der Waals surface area contributed by atoms with Crippen LogP contribution >= 0.6 is 0 Å². The first-order valence-corrected chi connectivity index (χ1v) is 5.59. The summed E-state index contributed by atoms with van der Waals surface area (Å²) in [6.07, 6.45) is 2.24. The van der Waals surface area contributed by atoms with Crippen molar-refractivity contribution in [2.24, 2.45) is 0 Å². The van der Waals surface area contributed by atoms with Crippen molar-refractivity contribution in [2.45, 2.75) is 19.3 Å². The van der Waals surface area contributed by atoms with Crippen LogP contribution in [0.3, 0.4) is 0 Å². The molecule has 0 fully saturated rings. The molecule has 4 heteroatoms. The summed E-state index contributed by atoms with van der Waals surface area (Å²) in [5, 5.41) is 0. The van der Waals surface area contributed by atoms with Gasteiger partial charge in [-0.3, -0.25) is 4.79 Å².